The van der Waals surface area contributed by atoms with E-state index < -0.39 is 0 Å². The van der Waals surface area contributed by atoms with Gasteiger partial charge < -0.3 is 9.64 Å². The quantitative estimate of drug-likeness (QED) is 0.606. The first kappa shape index (κ1) is 13.8. The molecule has 0 aromatic heterocycles. The van der Waals surface area contributed by atoms with E-state index in [9.17, 15) is 10.1 Å². The minimum atomic E-state index is -0.304. The fourth-order valence-corrected chi connectivity index (χ4v) is 2.59. The SMILES string of the molecule is CCOCC1CCCN(c2ccccc2[N+](=O)[O-])C1. The summed E-state index contributed by atoms with van der Waals surface area (Å²) in [4.78, 5) is 12.9. The van der Waals surface area contributed by atoms with Crippen LogP contribution in [0.2, 0.25) is 0 Å². The van der Waals surface area contributed by atoms with Gasteiger partial charge in [-0.3, -0.25) is 10.1 Å². The molecule has 0 amide bonds. The lowest BCUT2D eigenvalue weighted by atomic mass is 9.98. The second kappa shape index (κ2) is 6.52. The Kier molecular flexibility index (Phi) is 4.74. The Balaban J connectivity index is 2.11. The van der Waals surface area contributed by atoms with Crippen molar-refractivity contribution in [2.75, 3.05) is 31.2 Å². The van der Waals surface area contributed by atoms with E-state index in [1.165, 1.54) is 0 Å². The Labute approximate surface area is 113 Å². The number of hydrogen-bond donors (Lipinski definition) is 0. The summed E-state index contributed by atoms with van der Waals surface area (Å²) < 4.78 is 5.47. The molecule has 1 heterocycles. The number of para-hydroxylation sites is 2. The van der Waals surface area contributed by atoms with Crippen molar-refractivity contribution >= 4 is 11.4 Å². The fraction of sp³-hybridized carbons (Fsp3) is 0.571. The molecule has 1 aromatic rings. The molecule has 0 bridgehead atoms. The highest BCUT2D eigenvalue weighted by molar-refractivity contribution is 5.63. The third-order valence-corrected chi connectivity index (χ3v) is 3.50. The lowest BCUT2D eigenvalue weighted by molar-refractivity contribution is -0.384. The fourth-order valence-electron chi connectivity index (χ4n) is 2.59. The summed E-state index contributed by atoms with van der Waals surface area (Å²) >= 11 is 0. The van der Waals surface area contributed by atoms with Crippen LogP contribution in [0.3, 0.4) is 0 Å². The molecule has 1 fully saturated rings. The standard InChI is InChI=1S/C14H20N2O3/c1-2-19-11-12-6-5-9-15(10-12)13-7-3-4-8-14(13)16(17)18/h3-4,7-8,12H,2,5-6,9-11H2,1H3. The van der Waals surface area contributed by atoms with Crippen LogP contribution in [-0.4, -0.2) is 31.2 Å². The third kappa shape index (κ3) is 3.44. The van der Waals surface area contributed by atoms with Crippen molar-refractivity contribution in [3.8, 4) is 0 Å². The maximum atomic E-state index is 11.1. The molecule has 1 aliphatic heterocycles. The van der Waals surface area contributed by atoms with Gasteiger partial charge in [0, 0.05) is 25.8 Å². The summed E-state index contributed by atoms with van der Waals surface area (Å²) in [6.07, 6.45) is 2.20. The zero-order valence-electron chi connectivity index (χ0n) is 11.2. The summed E-state index contributed by atoms with van der Waals surface area (Å²) in [5.41, 5.74) is 0.924. The minimum Gasteiger partial charge on any atom is -0.381 e. The van der Waals surface area contributed by atoms with Crippen LogP contribution in [0.25, 0.3) is 0 Å². The van der Waals surface area contributed by atoms with E-state index >= 15 is 0 Å². The number of anilines is 1. The first-order chi connectivity index (χ1) is 9.22. The van der Waals surface area contributed by atoms with Gasteiger partial charge in [0.2, 0.25) is 0 Å². The largest absolute Gasteiger partial charge is 0.381 e. The van der Waals surface area contributed by atoms with Gasteiger partial charge in [-0.15, -0.1) is 0 Å². The first-order valence-corrected chi connectivity index (χ1v) is 6.78. The van der Waals surface area contributed by atoms with Gasteiger partial charge in [-0.2, -0.15) is 0 Å². The molecule has 104 valence electrons. The van der Waals surface area contributed by atoms with E-state index in [2.05, 4.69) is 4.90 Å². The van der Waals surface area contributed by atoms with Crippen LogP contribution in [0.15, 0.2) is 24.3 Å². The Hall–Kier alpha value is -1.62. The van der Waals surface area contributed by atoms with Crippen LogP contribution in [0.5, 0.6) is 0 Å². The van der Waals surface area contributed by atoms with E-state index in [0.29, 0.717) is 5.92 Å². The summed E-state index contributed by atoms with van der Waals surface area (Å²) in [6.45, 7) is 5.18. The van der Waals surface area contributed by atoms with Gasteiger partial charge in [-0.1, -0.05) is 12.1 Å². The zero-order chi connectivity index (χ0) is 13.7. The molecule has 0 aliphatic carbocycles. The van der Waals surface area contributed by atoms with Gasteiger partial charge in [-0.05, 0) is 31.7 Å². The number of piperidine rings is 1. The molecule has 1 atom stereocenters. The smallest absolute Gasteiger partial charge is 0.292 e. The highest BCUT2D eigenvalue weighted by Gasteiger charge is 2.25. The monoisotopic (exact) mass is 264 g/mol. The lowest BCUT2D eigenvalue weighted by Crippen LogP contribution is -2.37. The average molecular weight is 264 g/mol. The van der Waals surface area contributed by atoms with E-state index in [-0.39, 0.29) is 10.6 Å². The van der Waals surface area contributed by atoms with Crippen LogP contribution in [0.4, 0.5) is 11.4 Å². The molecule has 2 rings (SSSR count). The number of nitro groups is 1. The van der Waals surface area contributed by atoms with E-state index in [0.717, 1.165) is 44.8 Å². The highest BCUT2D eigenvalue weighted by Crippen LogP contribution is 2.31. The van der Waals surface area contributed by atoms with Crippen molar-refractivity contribution in [3.05, 3.63) is 34.4 Å². The molecule has 1 saturated heterocycles. The maximum Gasteiger partial charge on any atom is 0.292 e. The molecule has 0 spiro atoms. The highest BCUT2D eigenvalue weighted by atomic mass is 16.6. The van der Waals surface area contributed by atoms with Crippen LogP contribution in [-0.2, 0) is 4.74 Å². The summed E-state index contributed by atoms with van der Waals surface area (Å²) in [6, 6.07) is 6.97. The maximum absolute atomic E-state index is 11.1. The summed E-state index contributed by atoms with van der Waals surface area (Å²) in [5, 5.41) is 11.1. The third-order valence-electron chi connectivity index (χ3n) is 3.50. The Bertz CT molecular complexity index is 436. The molecule has 19 heavy (non-hydrogen) atoms. The van der Waals surface area contributed by atoms with Gasteiger partial charge in [-0.25, -0.2) is 0 Å². The Morgan fingerprint density at radius 3 is 3.00 bits per heavy atom. The van der Waals surface area contributed by atoms with Crippen molar-refractivity contribution in [1.29, 1.82) is 0 Å². The number of hydrogen-bond acceptors (Lipinski definition) is 4. The molecule has 0 saturated carbocycles. The van der Waals surface area contributed by atoms with Crippen molar-refractivity contribution < 1.29 is 9.66 Å². The number of nitro benzene ring substituents is 1. The van der Waals surface area contributed by atoms with Crippen LogP contribution in [0, 0.1) is 16.0 Å². The van der Waals surface area contributed by atoms with Gasteiger partial charge in [0.25, 0.3) is 5.69 Å². The molecule has 0 N–H and O–H groups in total. The molecular formula is C14H20N2O3. The topological polar surface area (TPSA) is 55.6 Å². The molecule has 5 heteroatoms. The van der Waals surface area contributed by atoms with Gasteiger partial charge in [0.15, 0.2) is 0 Å². The molecule has 1 aromatic carbocycles. The van der Waals surface area contributed by atoms with Gasteiger partial charge in [0.1, 0.15) is 5.69 Å². The normalized spacial score (nSPS) is 19.4. The van der Waals surface area contributed by atoms with E-state index in [1.807, 2.05) is 19.1 Å². The number of benzene rings is 1. The number of ether oxygens (including phenoxy) is 1. The van der Waals surface area contributed by atoms with Crippen molar-refractivity contribution in [2.45, 2.75) is 19.8 Å². The second-order valence-corrected chi connectivity index (χ2v) is 4.86. The lowest BCUT2D eigenvalue weighted by Gasteiger charge is -2.33. The Morgan fingerprint density at radius 2 is 2.26 bits per heavy atom. The Morgan fingerprint density at radius 1 is 1.47 bits per heavy atom. The van der Waals surface area contributed by atoms with E-state index in [1.54, 1.807) is 12.1 Å². The number of nitrogens with zero attached hydrogens (tertiary/aromatic N) is 2. The van der Waals surface area contributed by atoms with Crippen molar-refractivity contribution in [3.63, 3.8) is 0 Å². The molecule has 1 aliphatic rings. The van der Waals surface area contributed by atoms with Crippen LogP contribution >= 0.6 is 0 Å². The second-order valence-electron chi connectivity index (χ2n) is 4.86. The molecule has 1 unspecified atom stereocenters. The van der Waals surface area contributed by atoms with Gasteiger partial charge in [0.05, 0.1) is 11.5 Å². The predicted octanol–water partition coefficient (Wildman–Crippen LogP) is 2.85. The summed E-state index contributed by atoms with van der Waals surface area (Å²) in [7, 11) is 0. The average Bonchev–Trinajstić information content (AvgIpc) is 2.45. The summed E-state index contributed by atoms with van der Waals surface area (Å²) in [5.74, 6) is 0.466. The van der Waals surface area contributed by atoms with Crippen LogP contribution in [0.1, 0.15) is 19.8 Å². The molecule has 5 nitrogen and oxygen atoms in total. The van der Waals surface area contributed by atoms with Crippen molar-refractivity contribution in [2.24, 2.45) is 5.92 Å². The molecule has 0 radical (unpaired) electrons. The molecular weight excluding hydrogens is 244 g/mol. The first-order valence-electron chi connectivity index (χ1n) is 6.78. The number of rotatable bonds is 5. The van der Waals surface area contributed by atoms with Crippen molar-refractivity contribution in [1.82, 2.24) is 0 Å². The zero-order valence-corrected chi connectivity index (χ0v) is 11.2. The van der Waals surface area contributed by atoms with Crippen LogP contribution < -0.4 is 4.90 Å². The van der Waals surface area contributed by atoms with E-state index in [4.69, 9.17) is 4.74 Å². The van der Waals surface area contributed by atoms with Gasteiger partial charge >= 0.3 is 0 Å². The minimum absolute atomic E-state index is 0.194. The predicted molar refractivity (Wildman–Crippen MR) is 74.5 cm³/mol.